The van der Waals surface area contributed by atoms with Gasteiger partial charge in [0.2, 0.25) is 0 Å². The van der Waals surface area contributed by atoms with Crippen molar-refractivity contribution in [3.63, 3.8) is 0 Å². The monoisotopic (exact) mass is 427 g/mol. The summed E-state index contributed by atoms with van der Waals surface area (Å²) in [5.41, 5.74) is 2.49. The van der Waals surface area contributed by atoms with E-state index in [1.165, 1.54) is 6.08 Å². The number of carbonyl (C=O) groups is 2. The van der Waals surface area contributed by atoms with E-state index in [0.29, 0.717) is 33.4 Å². The van der Waals surface area contributed by atoms with Crippen LogP contribution in [-0.2, 0) is 0 Å². The predicted molar refractivity (Wildman–Crippen MR) is 123 cm³/mol. The molecule has 0 aliphatic heterocycles. The summed E-state index contributed by atoms with van der Waals surface area (Å²) in [4.78, 5) is 24.7. The molecule has 0 saturated carbocycles. The maximum atomic E-state index is 12.5. The van der Waals surface area contributed by atoms with Crippen molar-refractivity contribution in [3.8, 4) is 11.3 Å². The van der Waals surface area contributed by atoms with Crippen molar-refractivity contribution >= 4 is 35.1 Å². The Bertz CT molecular complexity index is 1240. The van der Waals surface area contributed by atoms with Gasteiger partial charge < -0.3 is 9.73 Å². The molecule has 152 valence electrons. The van der Waals surface area contributed by atoms with Gasteiger partial charge >= 0.3 is 0 Å². The van der Waals surface area contributed by atoms with Crippen LogP contribution in [0.5, 0.6) is 0 Å². The van der Waals surface area contributed by atoms with E-state index in [1.807, 2.05) is 30.3 Å². The molecule has 0 radical (unpaired) electrons. The zero-order chi connectivity index (χ0) is 21.6. The minimum atomic E-state index is -0.202. The summed E-state index contributed by atoms with van der Waals surface area (Å²) in [6, 6.07) is 26.7. The van der Waals surface area contributed by atoms with Gasteiger partial charge in [-0.2, -0.15) is 0 Å². The van der Waals surface area contributed by atoms with Gasteiger partial charge in [0.25, 0.3) is 5.91 Å². The molecule has 0 fully saturated rings. The van der Waals surface area contributed by atoms with E-state index < -0.39 is 0 Å². The minimum absolute atomic E-state index is 0.170. The van der Waals surface area contributed by atoms with Crippen molar-refractivity contribution < 1.29 is 14.0 Å². The fourth-order valence-corrected chi connectivity index (χ4v) is 3.24. The van der Waals surface area contributed by atoms with Gasteiger partial charge in [0.05, 0.1) is 5.02 Å². The summed E-state index contributed by atoms with van der Waals surface area (Å²) < 4.78 is 5.77. The molecule has 4 nitrogen and oxygen atoms in total. The molecule has 0 bridgehead atoms. The Balaban J connectivity index is 1.40. The first kappa shape index (κ1) is 20.4. The maximum absolute atomic E-state index is 12.5. The van der Waals surface area contributed by atoms with Crippen LogP contribution in [0.15, 0.2) is 101 Å². The summed E-state index contributed by atoms with van der Waals surface area (Å²) in [6.07, 6.45) is 3.07. The van der Waals surface area contributed by atoms with Crippen LogP contribution < -0.4 is 5.32 Å². The number of halogens is 1. The highest BCUT2D eigenvalue weighted by molar-refractivity contribution is 6.33. The highest BCUT2D eigenvalue weighted by Crippen LogP contribution is 2.29. The van der Waals surface area contributed by atoms with E-state index >= 15 is 0 Å². The Morgan fingerprint density at radius 2 is 1.48 bits per heavy atom. The summed E-state index contributed by atoms with van der Waals surface area (Å²) in [6.45, 7) is 0. The van der Waals surface area contributed by atoms with Crippen LogP contribution in [0.3, 0.4) is 0 Å². The van der Waals surface area contributed by atoms with Crippen molar-refractivity contribution in [1.82, 2.24) is 0 Å². The molecule has 0 spiro atoms. The normalized spacial score (nSPS) is 10.9. The van der Waals surface area contributed by atoms with Gasteiger partial charge in [-0.15, -0.1) is 0 Å². The number of amides is 1. The Labute approximate surface area is 184 Å². The quantitative estimate of drug-likeness (QED) is 0.273. The zero-order valence-corrected chi connectivity index (χ0v) is 17.2. The number of ketones is 1. The lowest BCUT2D eigenvalue weighted by molar-refractivity contribution is 0.102. The summed E-state index contributed by atoms with van der Waals surface area (Å²) in [5.74, 6) is 0.814. The van der Waals surface area contributed by atoms with Crippen LogP contribution >= 0.6 is 11.6 Å². The number of carbonyl (C=O) groups excluding carboxylic acids is 2. The fraction of sp³-hybridized carbons (Fsp3) is 0. The van der Waals surface area contributed by atoms with Crippen LogP contribution in [-0.4, -0.2) is 11.7 Å². The van der Waals surface area contributed by atoms with Gasteiger partial charge in [0.1, 0.15) is 11.5 Å². The van der Waals surface area contributed by atoms with E-state index in [1.54, 1.807) is 66.7 Å². The van der Waals surface area contributed by atoms with Crippen molar-refractivity contribution in [2.24, 2.45) is 0 Å². The molecular formula is C26H18ClNO3. The topological polar surface area (TPSA) is 59.3 Å². The molecule has 3 aromatic carbocycles. The SMILES string of the molecule is O=C(C=Cc1ccc(-c2ccccc2Cl)o1)c1ccc(NC(=O)c2ccccc2)cc1. The highest BCUT2D eigenvalue weighted by Gasteiger charge is 2.09. The Morgan fingerprint density at radius 3 is 2.23 bits per heavy atom. The molecule has 0 unspecified atom stereocenters. The van der Waals surface area contributed by atoms with Crippen LogP contribution in [0.1, 0.15) is 26.5 Å². The fourth-order valence-electron chi connectivity index (χ4n) is 3.01. The number of allylic oxidation sites excluding steroid dienone is 1. The van der Waals surface area contributed by atoms with E-state index in [2.05, 4.69) is 5.32 Å². The molecule has 31 heavy (non-hydrogen) atoms. The standard InChI is InChI=1S/C26H18ClNO3/c27-23-9-5-4-8-22(23)25-17-15-21(31-25)14-16-24(29)18-10-12-20(13-11-18)28-26(30)19-6-2-1-3-7-19/h1-17H,(H,28,30). The zero-order valence-electron chi connectivity index (χ0n) is 16.4. The first-order valence-corrected chi connectivity index (χ1v) is 10.0. The molecule has 1 heterocycles. The van der Waals surface area contributed by atoms with Gasteiger partial charge in [0.15, 0.2) is 5.78 Å². The second-order valence-corrected chi connectivity index (χ2v) is 7.18. The van der Waals surface area contributed by atoms with Crippen molar-refractivity contribution in [2.75, 3.05) is 5.32 Å². The lowest BCUT2D eigenvalue weighted by Crippen LogP contribution is -2.11. The van der Waals surface area contributed by atoms with Crippen molar-refractivity contribution in [2.45, 2.75) is 0 Å². The molecule has 1 amide bonds. The van der Waals surface area contributed by atoms with E-state index in [-0.39, 0.29) is 11.7 Å². The van der Waals surface area contributed by atoms with Crippen LogP contribution in [0.2, 0.25) is 5.02 Å². The molecule has 1 N–H and O–H groups in total. The first-order valence-electron chi connectivity index (χ1n) is 9.64. The smallest absolute Gasteiger partial charge is 0.255 e. The number of rotatable bonds is 6. The number of furan rings is 1. The molecule has 1 aromatic heterocycles. The summed E-state index contributed by atoms with van der Waals surface area (Å²) >= 11 is 6.20. The van der Waals surface area contributed by atoms with E-state index in [0.717, 1.165) is 5.56 Å². The van der Waals surface area contributed by atoms with E-state index in [9.17, 15) is 9.59 Å². The molecule has 5 heteroatoms. The molecular weight excluding hydrogens is 410 g/mol. The number of anilines is 1. The summed E-state index contributed by atoms with van der Waals surface area (Å²) in [7, 11) is 0. The van der Waals surface area contributed by atoms with Gasteiger partial charge in [-0.25, -0.2) is 0 Å². The lowest BCUT2D eigenvalue weighted by atomic mass is 10.1. The third-order valence-corrected chi connectivity index (χ3v) is 4.96. The van der Waals surface area contributed by atoms with Gasteiger partial charge in [-0.05, 0) is 72.8 Å². The molecule has 0 aliphatic carbocycles. The molecule has 4 aromatic rings. The third-order valence-electron chi connectivity index (χ3n) is 4.63. The second kappa shape index (κ2) is 9.28. The lowest BCUT2D eigenvalue weighted by Gasteiger charge is -2.05. The summed E-state index contributed by atoms with van der Waals surface area (Å²) in [5, 5.41) is 3.41. The average molecular weight is 428 g/mol. The Morgan fingerprint density at radius 1 is 0.774 bits per heavy atom. The number of benzene rings is 3. The highest BCUT2D eigenvalue weighted by atomic mass is 35.5. The third kappa shape index (κ3) is 5.00. The van der Waals surface area contributed by atoms with Crippen molar-refractivity contribution in [1.29, 1.82) is 0 Å². The van der Waals surface area contributed by atoms with Gasteiger partial charge in [-0.1, -0.05) is 41.9 Å². The predicted octanol–water partition coefficient (Wildman–Crippen LogP) is 6.75. The minimum Gasteiger partial charge on any atom is -0.457 e. The number of hydrogen-bond acceptors (Lipinski definition) is 3. The first-order chi connectivity index (χ1) is 15.1. The maximum Gasteiger partial charge on any atom is 0.255 e. The average Bonchev–Trinajstić information content (AvgIpc) is 3.27. The number of hydrogen-bond donors (Lipinski definition) is 1. The Hall–Kier alpha value is -3.89. The molecule has 0 saturated heterocycles. The van der Waals surface area contributed by atoms with Crippen LogP contribution in [0.4, 0.5) is 5.69 Å². The largest absolute Gasteiger partial charge is 0.457 e. The van der Waals surface area contributed by atoms with Crippen LogP contribution in [0.25, 0.3) is 17.4 Å². The number of nitrogens with one attached hydrogen (secondary N) is 1. The van der Waals surface area contributed by atoms with Crippen LogP contribution in [0, 0.1) is 0 Å². The van der Waals surface area contributed by atoms with Gasteiger partial charge in [-0.3, -0.25) is 9.59 Å². The van der Waals surface area contributed by atoms with E-state index in [4.69, 9.17) is 16.0 Å². The van der Waals surface area contributed by atoms with Crippen molar-refractivity contribution in [3.05, 3.63) is 119 Å². The molecule has 0 atom stereocenters. The second-order valence-electron chi connectivity index (χ2n) is 6.78. The Kier molecular flexibility index (Phi) is 6.11. The molecule has 4 rings (SSSR count). The molecule has 0 aliphatic rings. The van der Waals surface area contributed by atoms with Gasteiger partial charge in [0, 0.05) is 22.4 Å².